The third kappa shape index (κ3) is 2.99. The number of nitrogens with one attached hydrogen (secondary N) is 1. The molecule has 0 unspecified atom stereocenters. The van der Waals surface area contributed by atoms with E-state index < -0.39 is 11.9 Å². The fourth-order valence-corrected chi connectivity index (χ4v) is 3.15. The van der Waals surface area contributed by atoms with Crippen LogP contribution in [0.25, 0.3) is 0 Å². The second-order valence-corrected chi connectivity index (χ2v) is 6.35. The van der Waals surface area contributed by atoms with Gasteiger partial charge in [0.15, 0.2) is 0 Å². The summed E-state index contributed by atoms with van der Waals surface area (Å²) in [4.78, 5) is 27.6. The highest BCUT2D eigenvalue weighted by atomic mass is 35.5. The largest absolute Gasteiger partial charge is 0.465 e. The summed E-state index contributed by atoms with van der Waals surface area (Å²) in [6.07, 6.45) is 0. The molecule has 3 rings (SSSR count). The SMILES string of the molecule is COC(=O)C1=C(N)Oc2cc(C)[nH]c(=O)c2[C@@H]1c1ccc(Cl)c(Cl)c1. The Hall–Kier alpha value is -2.44. The van der Waals surface area contributed by atoms with Crippen molar-refractivity contribution in [3.05, 3.63) is 72.9 Å². The van der Waals surface area contributed by atoms with Crippen LogP contribution in [0, 0.1) is 6.92 Å². The maximum atomic E-state index is 12.6. The molecule has 0 radical (unpaired) electrons. The van der Waals surface area contributed by atoms with Crippen molar-refractivity contribution in [3.63, 3.8) is 0 Å². The van der Waals surface area contributed by atoms with Gasteiger partial charge in [-0.2, -0.15) is 0 Å². The van der Waals surface area contributed by atoms with Crippen molar-refractivity contribution in [1.82, 2.24) is 4.98 Å². The van der Waals surface area contributed by atoms with Crippen molar-refractivity contribution in [3.8, 4) is 5.75 Å². The molecule has 1 aromatic heterocycles. The Balaban J connectivity index is 2.32. The molecule has 0 saturated carbocycles. The minimum Gasteiger partial charge on any atom is -0.465 e. The first-order chi connectivity index (χ1) is 11.8. The Morgan fingerprint density at radius 1 is 1.28 bits per heavy atom. The number of aromatic nitrogens is 1. The van der Waals surface area contributed by atoms with E-state index in [0.29, 0.717) is 21.3 Å². The number of carbonyl (C=O) groups excluding carboxylic acids is 1. The number of hydrogen-bond acceptors (Lipinski definition) is 5. The zero-order chi connectivity index (χ0) is 18.3. The summed E-state index contributed by atoms with van der Waals surface area (Å²) in [6, 6.07) is 6.48. The van der Waals surface area contributed by atoms with E-state index in [0.717, 1.165) is 0 Å². The summed E-state index contributed by atoms with van der Waals surface area (Å²) in [6.45, 7) is 1.72. The second kappa shape index (κ2) is 6.46. The number of hydrogen-bond donors (Lipinski definition) is 2. The van der Waals surface area contributed by atoms with Crippen LogP contribution in [0.5, 0.6) is 5.75 Å². The molecule has 2 heterocycles. The molecular weight excluding hydrogens is 367 g/mol. The van der Waals surface area contributed by atoms with E-state index in [4.69, 9.17) is 38.4 Å². The van der Waals surface area contributed by atoms with Gasteiger partial charge in [-0.25, -0.2) is 4.79 Å². The van der Waals surface area contributed by atoms with E-state index in [9.17, 15) is 9.59 Å². The zero-order valence-electron chi connectivity index (χ0n) is 13.4. The molecule has 25 heavy (non-hydrogen) atoms. The first kappa shape index (κ1) is 17.4. The zero-order valence-corrected chi connectivity index (χ0v) is 14.9. The van der Waals surface area contributed by atoms with Gasteiger partial charge in [0.05, 0.1) is 28.6 Å². The van der Waals surface area contributed by atoms with Gasteiger partial charge in [0, 0.05) is 11.8 Å². The van der Waals surface area contributed by atoms with Crippen molar-refractivity contribution >= 4 is 29.2 Å². The quantitative estimate of drug-likeness (QED) is 0.781. The Bertz CT molecular complexity index is 966. The topological polar surface area (TPSA) is 94.4 Å². The number of benzene rings is 1. The van der Waals surface area contributed by atoms with Gasteiger partial charge in [0.2, 0.25) is 5.88 Å². The molecule has 130 valence electrons. The molecule has 1 aromatic carbocycles. The van der Waals surface area contributed by atoms with Crippen LogP contribution in [-0.2, 0) is 9.53 Å². The number of nitrogens with two attached hydrogens (primary N) is 1. The molecule has 0 bridgehead atoms. The van der Waals surface area contributed by atoms with Gasteiger partial charge in [-0.3, -0.25) is 4.79 Å². The van der Waals surface area contributed by atoms with Crippen LogP contribution in [-0.4, -0.2) is 18.1 Å². The minimum atomic E-state index is -0.796. The molecule has 0 amide bonds. The lowest BCUT2D eigenvalue weighted by Crippen LogP contribution is -2.31. The molecule has 3 N–H and O–H groups in total. The van der Waals surface area contributed by atoms with Crippen LogP contribution in [0.3, 0.4) is 0 Å². The summed E-state index contributed by atoms with van der Waals surface area (Å²) in [5, 5.41) is 0.644. The van der Waals surface area contributed by atoms with E-state index in [-0.39, 0.29) is 28.3 Å². The average molecular weight is 381 g/mol. The summed E-state index contributed by atoms with van der Waals surface area (Å²) >= 11 is 12.1. The number of H-pyrrole nitrogens is 1. The molecule has 0 spiro atoms. The van der Waals surface area contributed by atoms with Crippen molar-refractivity contribution < 1.29 is 14.3 Å². The first-order valence-electron chi connectivity index (χ1n) is 7.28. The van der Waals surface area contributed by atoms with E-state index in [2.05, 4.69) is 4.98 Å². The van der Waals surface area contributed by atoms with Gasteiger partial charge in [-0.15, -0.1) is 0 Å². The van der Waals surface area contributed by atoms with Gasteiger partial charge in [0.1, 0.15) is 11.3 Å². The van der Waals surface area contributed by atoms with Crippen molar-refractivity contribution in [2.24, 2.45) is 5.73 Å². The Morgan fingerprint density at radius 3 is 2.64 bits per heavy atom. The number of pyridine rings is 1. The van der Waals surface area contributed by atoms with Crippen LogP contribution in [0.2, 0.25) is 10.0 Å². The average Bonchev–Trinajstić information content (AvgIpc) is 2.55. The van der Waals surface area contributed by atoms with Gasteiger partial charge in [-0.1, -0.05) is 29.3 Å². The smallest absolute Gasteiger partial charge is 0.340 e. The number of aryl methyl sites for hydroxylation is 1. The van der Waals surface area contributed by atoms with Crippen molar-refractivity contribution in [1.29, 1.82) is 0 Å². The number of esters is 1. The Morgan fingerprint density at radius 2 is 2.00 bits per heavy atom. The predicted molar refractivity (Wildman–Crippen MR) is 94.0 cm³/mol. The number of aromatic amines is 1. The number of rotatable bonds is 2. The predicted octanol–water partition coefficient (Wildman–Crippen LogP) is 2.86. The number of halogens is 2. The fourth-order valence-electron chi connectivity index (χ4n) is 2.84. The van der Waals surface area contributed by atoms with Gasteiger partial charge < -0.3 is 20.2 Å². The van der Waals surface area contributed by atoms with Crippen LogP contribution >= 0.6 is 23.2 Å². The van der Waals surface area contributed by atoms with Crippen molar-refractivity contribution in [2.75, 3.05) is 7.11 Å². The molecule has 2 aromatic rings. The van der Waals surface area contributed by atoms with Crippen LogP contribution < -0.4 is 16.0 Å². The highest BCUT2D eigenvalue weighted by molar-refractivity contribution is 6.42. The number of fused-ring (bicyclic) bond motifs is 1. The monoisotopic (exact) mass is 380 g/mol. The summed E-state index contributed by atoms with van der Waals surface area (Å²) in [5.74, 6) is -1.34. The molecule has 1 aliphatic rings. The van der Waals surface area contributed by atoms with Gasteiger partial charge in [0.25, 0.3) is 5.56 Å². The molecule has 0 fully saturated rings. The van der Waals surface area contributed by atoms with E-state index >= 15 is 0 Å². The molecule has 8 heteroatoms. The van der Waals surface area contributed by atoms with E-state index in [1.807, 2.05) is 0 Å². The first-order valence-corrected chi connectivity index (χ1v) is 8.03. The highest BCUT2D eigenvalue weighted by Crippen LogP contribution is 2.42. The third-order valence-electron chi connectivity index (χ3n) is 3.91. The van der Waals surface area contributed by atoms with Gasteiger partial charge >= 0.3 is 5.97 Å². The maximum absolute atomic E-state index is 12.6. The van der Waals surface area contributed by atoms with Crippen LogP contribution in [0.15, 0.2) is 40.5 Å². The molecule has 1 aliphatic heterocycles. The summed E-state index contributed by atoms with van der Waals surface area (Å²) in [7, 11) is 1.23. The molecule has 0 aliphatic carbocycles. The third-order valence-corrected chi connectivity index (χ3v) is 4.65. The fraction of sp³-hybridized carbons (Fsp3) is 0.176. The van der Waals surface area contributed by atoms with Crippen molar-refractivity contribution in [2.45, 2.75) is 12.8 Å². The Kier molecular flexibility index (Phi) is 4.49. The number of ether oxygens (including phenoxy) is 2. The molecule has 1 atom stereocenters. The maximum Gasteiger partial charge on any atom is 0.340 e. The standard InChI is InChI=1S/C17H14Cl2N2O4/c1-7-5-11-13(16(22)21-7)12(8-3-4-9(18)10(19)6-8)14(15(20)25-11)17(23)24-2/h3-6,12H,20H2,1-2H3,(H,21,22)/t12-/m0/s1. The lowest BCUT2D eigenvalue weighted by atomic mass is 9.83. The number of methoxy groups -OCH3 is 1. The lowest BCUT2D eigenvalue weighted by Gasteiger charge is -2.27. The minimum absolute atomic E-state index is 0.0303. The molecular formula is C17H14Cl2N2O4. The number of carbonyl (C=O) groups is 1. The van der Waals surface area contributed by atoms with Crippen LogP contribution in [0.1, 0.15) is 22.7 Å². The highest BCUT2D eigenvalue weighted by Gasteiger charge is 2.37. The van der Waals surface area contributed by atoms with Crippen LogP contribution in [0.4, 0.5) is 0 Å². The summed E-state index contributed by atoms with van der Waals surface area (Å²) < 4.78 is 10.3. The Labute approximate surface area is 153 Å². The van der Waals surface area contributed by atoms with Gasteiger partial charge in [-0.05, 0) is 24.6 Å². The van der Waals surface area contributed by atoms with E-state index in [1.54, 1.807) is 31.2 Å². The molecule has 6 nitrogen and oxygen atoms in total. The second-order valence-electron chi connectivity index (χ2n) is 5.54. The summed E-state index contributed by atoms with van der Waals surface area (Å²) in [5.41, 5.74) is 7.01. The normalized spacial score (nSPS) is 16.2. The van der Waals surface area contributed by atoms with E-state index in [1.165, 1.54) is 7.11 Å². The molecule has 0 saturated heterocycles. The lowest BCUT2D eigenvalue weighted by molar-refractivity contribution is -0.136.